The van der Waals surface area contributed by atoms with Gasteiger partial charge in [-0.1, -0.05) is 13.8 Å². The van der Waals surface area contributed by atoms with Gasteiger partial charge in [0, 0.05) is 5.56 Å². The molecule has 1 aliphatic rings. The first-order chi connectivity index (χ1) is 6.18. The molecule has 68 valence electrons. The van der Waals surface area contributed by atoms with E-state index in [0.29, 0.717) is 18.2 Å². The van der Waals surface area contributed by atoms with Crippen LogP contribution in [0, 0.1) is 0 Å². The minimum absolute atomic E-state index is 0.0115. The number of hydrogen-bond donors (Lipinski definition) is 1. The monoisotopic (exact) mass is 177 g/mol. The maximum absolute atomic E-state index is 11.1. The van der Waals surface area contributed by atoms with Crippen molar-refractivity contribution >= 4 is 11.7 Å². The molecule has 0 aromatic carbocycles. The first kappa shape index (κ1) is 8.16. The number of carbonyl (C=O) groups is 1. The number of hydrogen-bond acceptors (Lipinski definition) is 3. The second-order valence-electron chi connectivity index (χ2n) is 3.47. The Bertz CT molecular complexity index is 360. The van der Waals surface area contributed by atoms with Gasteiger partial charge >= 0.3 is 0 Å². The molecule has 1 N–H and O–H groups in total. The summed E-state index contributed by atoms with van der Waals surface area (Å²) in [5, 5.41) is 2.70. The van der Waals surface area contributed by atoms with Gasteiger partial charge in [-0.05, 0) is 5.92 Å². The standard InChI is InChI=1S/C9H11N3O/c1-5(2)8-6-3-7(13)12-9(6)11-4-10-8/h4-5H,3H2,1-2H3,(H,10,11,12,13). The minimum Gasteiger partial charge on any atom is -0.310 e. The van der Waals surface area contributed by atoms with Crippen molar-refractivity contribution in [2.75, 3.05) is 5.32 Å². The Labute approximate surface area is 76.4 Å². The van der Waals surface area contributed by atoms with Gasteiger partial charge in [0.25, 0.3) is 0 Å². The van der Waals surface area contributed by atoms with Gasteiger partial charge in [-0.25, -0.2) is 9.97 Å². The largest absolute Gasteiger partial charge is 0.310 e. The van der Waals surface area contributed by atoms with E-state index >= 15 is 0 Å². The molecule has 0 saturated heterocycles. The average Bonchev–Trinajstić information content (AvgIpc) is 2.43. The van der Waals surface area contributed by atoms with Crippen LogP contribution >= 0.6 is 0 Å². The molecule has 1 aromatic rings. The van der Waals surface area contributed by atoms with Crippen LogP contribution in [0.15, 0.2) is 6.33 Å². The van der Waals surface area contributed by atoms with Crippen molar-refractivity contribution in [3.63, 3.8) is 0 Å². The van der Waals surface area contributed by atoms with Crippen molar-refractivity contribution in [2.24, 2.45) is 0 Å². The van der Waals surface area contributed by atoms with Gasteiger partial charge in [0.05, 0.1) is 12.1 Å². The Morgan fingerprint density at radius 3 is 2.92 bits per heavy atom. The Morgan fingerprint density at radius 1 is 1.46 bits per heavy atom. The zero-order valence-corrected chi connectivity index (χ0v) is 7.66. The Hall–Kier alpha value is -1.45. The summed E-state index contributed by atoms with van der Waals surface area (Å²) in [5.41, 5.74) is 1.94. The lowest BCUT2D eigenvalue weighted by Gasteiger charge is -2.07. The Kier molecular flexibility index (Phi) is 1.76. The second kappa shape index (κ2) is 2.80. The summed E-state index contributed by atoms with van der Waals surface area (Å²) in [5.74, 6) is 1.03. The molecule has 0 aliphatic carbocycles. The molecule has 2 rings (SSSR count). The van der Waals surface area contributed by atoms with E-state index in [4.69, 9.17) is 0 Å². The average molecular weight is 177 g/mol. The molecule has 13 heavy (non-hydrogen) atoms. The molecule has 2 heterocycles. The highest BCUT2D eigenvalue weighted by Crippen LogP contribution is 2.26. The summed E-state index contributed by atoms with van der Waals surface area (Å²) < 4.78 is 0. The van der Waals surface area contributed by atoms with Crippen molar-refractivity contribution in [3.05, 3.63) is 17.6 Å². The van der Waals surface area contributed by atoms with E-state index in [-0.39, 0.29) is 5.91 Å². The van der Waals surface area contributed by atoms with Crippen LogP contribution in [0.1, 0.15) is 31.0 Å². The van der Waals surface area contributed by atoms with Crippen molar-refractivity contribution in [2.45, 2.75) is 26.2 Å². The number of carbonyl (C=O) groups excluding carboxylic acids is 1. The van der Waals surface area contributed by atoms with E-state index < -0.39 is 0 Å². The number of aromatic nitrogens is 2. The number of anilines is 1. The second-order valence-corrected chi connectivity index (χ2v) is 3.47. The maximum atomic E-state index is 11.1. The molecule has 0 fully saturated rings. The third-order valence-electron chi connectivity index (χ3n) is 2.12. The van der Waals surface area contributed by atoms with Crippen LogP contribution in [-0.4, -0.2) is 15.9 Å². The lowest BCUT2D eigenvalue weighted by molar-refractivity contribution is -0.115. The summed E-state index contributed by atoms with van der Waals surface area (Å²) in [6.45, 7) is 4.12. The van der Waals surface area contributed by atoms with Crippen LogP contribution in [0.4, 0.5) is 5.82 Å². The minimum atomic E-state index is 0.0115. The van der Waals surface area contributed by atoms with E-state index in [0.717, 1.165) is 11.3 Å². The SMILES string of the molecule is CC(C)c1ncnc2c1CC(=O)N2. The topological polar surface area (TPSA) is 54.9 Å². The lowest BCUT2D eigenvalue weighted by Crippen LogP contribution is -2.04. The third kappa shape index (κ3) is 1.28. The van der Waals surface area contributed by atoms with E-state index in [1.807, 2.05) is 0 Å². The number of rotatable bonds is 1. The lowest BCUT2D eigenvalue weighted by atomic mass is 10.0. The molecule has 0 bridgehead atoms. The summed E-state index contributed by atoms with van der Waals surface area (Å²) in [4.78, 5) is 19.3. The van der Waals surface area contributed by atoms with Crippen molar-refractivity contribution in [3.8, 4) is 0 Å². The molecule has 1 aliphatic heterocycles. The predicted molar refractivity (Wildman–Crippen MR) is 48.5 cm³/mol. The highest BCUT2D eigenvalue weighted by molar-refractivity contribution is 5.98. The number of nitrogens with zero attached hydrogens (tertiary/aromatic N) is 2. The van der Waals surface area contributed by atoms with Crippen LogP contribution in [0.2, 0.25) is 0 Å². The summed E-state index contributed by atoms with van der Waals surface area (Å²) in [6.07, 6.45) is 1.92. The summed E-state index contributed by atoms with van der Waals surface area (Å²) in [7, 11) is 0. The quantitative estimate of drug-likeness (QED) is 0.698. The third-order valence-corrected chi connectivity index (χ3v) is 2.12. The molecule has 4 nitrogen and oxygen atoms in total. The zero-order valence-electron chi connectivity index (χ0n) is 7.66. The maximum Gasteiger partial charge on any atom is 0.230 e. The number of fused-ring (bicyclic) bond motifs is 1. The zero-order chi connectivity index (χ0) is 9.42. The Balaban J connectivity index is 2.51. The van der Waals surface area contributed by atoms with Gasteiger partial charge < -0.3 is 5.32 Å². The van der Waals surface area contributed by atoms with Gasteiger partial charge in [0.2, 0.25) is 5.91 Å². The van der Waals surface area contributed by atoms with Gasteiger partial charge in [0.15, 0.2) is 0 Å². The first-order valence-electron chi connectivity index (χ1n) is 4.32. The van der Waals surface area contributed by atoms with Crippen molar-refractivity contribution in [1.82, 2.24) is 9.97 Å². The van der Waals surface area contributed by atoms with E-state index in [1.165, 1.54) is 6.33 Å². The summed E-state index contributed by atoms with van der Waals surface area (Å²) >= 11 is 0. The highest BCUT2D eigenvalue weighted by Gasteiger charge is 2.23. The fraction of sp³-hybridized carbons (Fsp3) is 0.444. The van der Waals surface area contributed by atoms with Gasteiger partial charge in [0.1, 0.15) is 12.1 Å². The van der Waals surface area contributed by atoms with E-state index in [2.05, 4.69) is 29.1 Å². The molecular weight excluding hydrogens is 166 g/mol. The van der Waals surface area contributed by atoms with Gasteiger partial charge in [-0.2, -0.15) is 0 Å². The van der Waals surface area contributed by atoms with E-state index in [9.17, 15) is 4.79 Å². The molecule has 0 radical (unpaired) electrons. The first-order valence-corrected chi connectivity index (χ1v) is 4.32. The molecule has 0 spiro atoms. The molecule has 1 aromatic heterocycles. The van der Waals surface area contributed by atoms with Crippen LogP contribution < -0.4 is 5.32 Å². The van der Waals surface area contributed by atoms with Crippen LogP contribution in [0.25, 0.3) is 0 Å². The van der Waals surface area contributed by atoms with Gasteiger partial charge in [-0.3, -0.25) is 4.79 Å². The molecule has 0 saturated carbocycles. The predicted octanol–water partition coefficient (Wildman–Crippen LogP) is 1.09. The van der Waals surface area contributed by atoms with Crippen LogP contribution in [0.5, 0.6) is 0 Å². The molecular formula is C9H11N3O. The van der Waals surface area contributed by atoms with Crippen LogP contribution in [0.3, 0.4) is 0 Å². The smallest absolute Gasteiger partial charge is 0.230 e. The molecule has 4 heteroatoms. The Morgan fingerprint density at radius 2 is 2.23 bits per heavy atom. The normalized spacial score (nSPS) is 14.5. The molecule has 1 amide bonds. The fourth-order valence-electron chi connectivity index (χ4n) is 1.54. The molecule has 0 unspecified atom stereocenters. The molecule has 0 atom stereocenters. The fourth-order valence-corrected chi connectivity index (χ4v) is 1.54. The van der Waals surface area contributed by atoms with Crippen molar-refractivity contribution in [1.29, 1.82) is 0 Å². The summed E-state index contributed by atoms with van der Waals surface area (Å²) in [6, 6.07) is 0. The van der Waals surface area contributed by atoms with E-state index in [1.54, 1.807) is 0 Å². The number of amides is 1. The number of nitrogens with one attached hydrogen (secondary N) is 1. The van der Waals surface area contributed by atoms with Crippen molar-refractivity contribution < 1.29 is 4.79 Å². The van der Waals surface area contributed by atoms with Crippen LogP contribution in [-0.2, 0) is 11.2 Å². The highest BCUT2D eigenvalue weighted by atomic mass is 16.1. The van der Waals surface area contributed by atoms with Gasteiger partial charge in [-0.15, -0.1) is 0 Å².